The van der Waals surface area contributed by atoms with Crippen molar-refractivity contribution in [1.29, 1.82) is 0 Å². The number of carbonyl (C=O) groups is 3. The van der Waals surface area contributed by atoms with Gasteiger partial charge < -0.3 is 26.0 Å². The molecule has 9 nitrogen and oxygen atoms in total. The number of nitrogens with one attached hydrogen (secondary N) is 4. The lowest BCUT2D eigenvalue weighted by atomic mass is 9.91. The summed E-state index contributed by atoms with van der Waals surface area (Å²) in [7, 11) is 0. The molecule has 41 heavy (non-hydrogen) atoms. The number of rotatable bonds is 10. The van der Waals surface area contributed by atoms with Gasteiger partial charge in [0.05, 0.1) is 22.8 Å². The van der Waals surface area contributed by atoms with E-state index in [2.05, 4.69) is 26.2 Å². The van der Waals surface area contributed by atoms with Crippen LogP contribution in [0.2, 0.25) is 10.0 Å². The molecule has 1 aliphatic heterocycles. The molecule has 2 aliphatic rings. The highest BCUT2D eigenvalue weighted by atomic mass is 35.5. The first kappa shape index (κ1) is 31.1. The topological polar surface area (TPSA) is 112 Å². The Bertz CT molecular complexity index is 1190. The van der Waals surface area contributed by atoms with Gasteiger partial charge in [-0.2, -0.15) is 0 Å². The van der Waals surface area contributed by atoms with Crippen LogP contribution in [0, 0.1) is 0 Å². The molecule has 2 fully saturated rings. The van der Waals surface area contributed by atoms with Crippen LogP contribution in [0.15, 0.2) is 42.5 Å². The molecule has 1 atom stereocenters. The van der Waals surface area contributed by atoms with E-state index >= 15 is 0 Å². The fraction of sp³-hybridized carbons (Fsp3) is 0.500. The van der Waals surface area contributed by atoms with Gasteiger partial charge in [0.15, 0.2) is 0 Å². The molecule has 4 N–H and O–H groups in total. The summed E-state index contributed by atoms with van der Waals surface area (Å²) in [6.45, 7) is 5.41. The number of benzene rings is 2. The molecule has 2 aromatic rings. The Morgan fingerprint density at radius 3 is 2.27 bits per heavy atom. The number of hydrogen-bond acceptors (Lipinski definition) is 5. The summed E-state index contributed by atoms with van der Waals surface area (Å²) in [5.41, 5.74) is 2.56. The summed E-state index contributed by atoms with van der Waals surface area (Å²) in [5.74, 6) is -0.0318. The van der Waals surface area contributed by atoms with Crippen LogP contribution < -0.4 is 21.3 Å². The van der Waals surface area contributed by atoms with Gasteiger partial charge >= 0.3 is 6.03 Å². The first-order valence-corrected chi connectivity index (χ1v) is 15.0. The van der Waals surface area contributed by atoms with Gasteiger partial charge in [0.1, 0.15) is 0 Å². The van der Waals surface area contributed by atoms with Crippen LogP contribution in [0.25, 0.3) is 0 Å². The molecule has 0 bridgehead atoms. The normalized spacial score (nSPS) is 21.1. The van der Waals surface area contributed by atoms with E-state index in [1.54, 1.807) is 18.2 Å². The van der Waals surface area contributed by atoms with E-state index in [4.69, 9.17) is 27.9 Å². The Labute approximate surface area is 251 Å². The number of halogens is 2. The van der Waals surface area contributed by atoms with Crippen LogP contribution in [-0.2, 0) is 22.6 Å². The lowest BCUT2D eigenvalue weighted by Crippen LogP contribution is -2.48. The Balaban J connectivity index is 1.13. The molecular weight excluding hydrogens is 565 g/mol. The van der Waals surface area contributed by atoms with Crippen LogP contribution in [-0.4, -0.2) is 67.2 Å². The number of amides is 4. The van der Waals surface area contributed by atoms with Gasteiger partial charge in [-0.3, -0.25) is 14.5 Å². The highest BCUT2D eigenvalue weighted by molar-refractivity contribution is 6.42. The highest BCUT2D eigenvalue weighted by Gasteiger charge is 2.24. The molecule has 1 saturated heterocycles. The molecular formula is C30H39Cl2N5O4. The highest BCUT2D eigenvalue weighted by Crippen LogP contribution is 2.24. The molecule has 1 heterocycles. The van der Waals surface area contributed by atoms with E-state index in [0.717, 1.165) is 49.9 Å². The maximum atomic E-state index is 12.7. The predicted molar refractivity (Wildman–Crippen MR) is 160 cm³/mol. The van der Waals surface area contributed by atoms with Crippen LogP contribution >= 0.6 is 23.2 Å². The second-order valence-corrected chi connectivity index (χ2v) is 11.5. The van der Waals surface area contributed by atoms with Crippen LogP contribution in [0.1, 0.15) is 60.5 Å². The summed E-state index contributed by atoms with van der Waals surface area (Å²) in [6, 6.07) is 12.9. The van der Waals surface area contributed by atoms with Crippen molar-refractivity contribution in [2.24, 2.45) is 0 Å². The van der Waals surface area contributed by atoms with Gasteiger partial charge in [-0.15, -0.1) is 0 Å². The van der Waals surface area contributed by atoms with Crippen molar-refractivity contribution in [3.05, 3.63) is 69.2 Å². The van der Waals surface area contributed by atoms with Crippen molar-refractivity contribution in [2.45, 2.75) is 70.3 Å². The number of nitrogens with zero attached hydrogens (tertiary/aromatic N) is 1. The smallest absolute Gasteiger partial charge is 0.315 e. The lowest BCUT2D eigenvalue weighted by molar-refractivity contribution is -0.121. The fourth-order valence-corrected chi connectivity index (χ4v) is 5.47. The lowest BCUT2D eigenvalue weighted by Gasteiger charge is -2.33. The Kier molecular flexibility index (Phi) is 11.7. The standard InChI is InChI=1S/C30H39Cl2N5O4/c1-2-28(38)35-23-8-10-24(11-9-23)36-29(39)22-6-3-20(4-7-22)16-33-30(40)34-17-25-19-37(13-14-41-25)18-21-5-12-26(31)27(32)15-21/h3-7,12,15,23-25H,2,8-11,13-14,16-19H2,1H3,(H,35,38)(H,36,39)(H2,33,34,40)/t23?,24?,25-/m0/s1. The molecule has 1 aliphatic carbocycles. The minimum absolute atomic E-state index is 0.0757. The SMILES string of the molecule is CCC(=O)NC1CCC(NC(=O)c2ccc(CNC(=O)NC[C@H]3CN(Cc4ccc(Cl)c(Cl)c4)CCO3)cc2)CC1. The molecule has 0 radical (unpaired) electrons. The van der Waals surface area contributed by atoms with Gasteiger partial charge in [-0.25, -0.2) is 4.79 Å². The first-order chi connectivity index (χ1) is 19.8. The largest absolute Gasteiger partial charge is 0.374 e. The first-order valence-electron chi connectivity index (χ1n) is 14.3. The molecule has 2 aromatic carbocycles. The zero-order valence-electron chi connectivity index (χ0n) is 23.4. The van der Waals surface area contributed by atoms with Gasteiger partial charge in [-0.1, -0.05) is 48.3 Å². The molecule has 11 heteroatoms. The number of carbonyl (C=O) groups excluding carboxylic acids is 3. The maximum Gasteiger partial charge on any atom is 0.315 e. The minimum atomic E-state index is -0.275. The summed E-state index contributed by atoms with van der Waals surface area (Å²) < 4.78 is 5.83. The van der Waals surface area contributed by atoms with Crippen LogP contribution in [0.5, 0.6) is 0 Å². The quantitative estimate of drug-likeness (QED) is 0.324. The third-order valence-corrected chi connectivity index (χ3v) is 8.26. The summed E-state index contributed by atoms with van der Waals surface area (Å²) in [6.07, 6.45) is 3.81. The van der Waals surface area contributed by atoms with E-state index in [1.807, 2.05) is 31.2 Å². The number of morpholine rings is 1. The fourth-order valence-electron chi connectivity index (χ4n) is 5.15. The number of urea groups is 1. The van der Waals surface area contributed by atoms with E-state index < -0.39 is 0 Å². The Morgan fingerprint density at radius 2 is 1.59 bits per heavy atom. The van der Waals surface area contributed by atoms with Crippen molar-refractivity contribution >= 4 is 41.0 Å². The molecule has 222 valence electrons. The molecule has 0 unspecified atom stereocenters. The number of hydrogen-bond donors (Lipinski definition) is 4. The van der Waals surface area contributed by atoms with Gasteiger partial charge in [0.2, 0.25) is 5.91 Å². The summed E-state index contributed by atoms with van der Waals surface area (Å²) in [5, 5.41) is 13.0. The Morgan fingerprint density at radius 1 is 0.902 bits per heavy atom. The van der Waals surface area contributed by atoms with Gasteiger partial charge in [0.25, 0.3) is 5.91 Å². The van der Waals surface area contributed by atoms with E-state index in [9.17, 15) is 14.4 Å². The van der Waals surface area contributed by atoms with Crippen molar-refractivity contribution < 1.29 is 19.1 Å². The van der Waals surface area contributed by atoms with E-state index in [0.29, 0.717) is 48.3 Å². The van der Waals surface area contributed by atoms with E-state index in [-0.39, 0.29) is 36.0 Å². The van der Waals surface area contributed by atoms with Gasteiger partial charge in [0, 0.05) is 56.8 Å². The summed E-state index contributed by atoms with van der Waals surface area (Å²) in [4.78, 5) is 38.9. The van der Waals surface area contributed by atoms with Crippen LogP contribution in [0.4, 0.5) is 4.79 Å². The van der Waals surface area contributed by atoms with Crippen LogP contribution in [0.3, 0.4) is 0 Å². The monoisotopic (exact) mass is 603 g/mol. The van der Waals surface area contributed by atoms with Gasteiger partial charge in [-0.05, 0) is 61.1 Å². The molecule has 4 rings (SSSR count). The molecule has 4 amide bonds. The minimum Gasteiger partial charge on any atom is -0.374 e. The zero-order valence-corrected chi connectivity index (χ0v) is 24.9. The van der Waals surface area contributed by atoms with Crippen molar-refractivity contribution in [3.63, 3.8) is 0 Å². The summed E-state index contributed by atoms with van der Waals surface area (Å²) >= 11 is 12.2. The predicted octanol–water partition coefficient (Wildman–Crippen LogP) is 4.26. The third kappa shape index (κ3) is 9.88. The second kappa shape index (κ2) is 15.4. The second-order valence-electron chi connectivity index (χ2n) is 10.7. The van der Waals surface area contributed by atoms with Crippen molar-refractivity contribution in [3.8, 4) is 0 Å². The zero-order chi connectivity index (χ0) is 29.2. The molecule has 0 spiro atoms. The maximum absolute atomic E-state index is 12.7. The molecule has 0 aromatic heterocycles. The molecule has 1 saturated carbocycles. The third-order valence-electron chi connectivity index (χ3n) is 7.52. The van der Waals surface area contributed by atoms with E-state index in [1.165, 1.54) is 0 Å². The van der Waals surface area contributed by atoms with Crippen molar-refractivity contribution in [2.75, 3.05) is 26.2 Å². The average molecular weight is 605 g/mol. The average Bonchev–Trinajstić information content (AvgIpc) is 2.98. The Hall–Kier alpha value is -2.85. The number of ether oxygens (including phenoxy) is 1. The van der Waals surface area contributed by atoms with Crippen molar-refractivity contribution in [1.82, 2.24) is 26.2 Å².